The van der Waals surface area contributed by atoms with Crippen LogP contribution in [0.25, 0.3) is 0 Å². The third kappa shape index (κ3) is 4.58. The molecule has 0 bridgehead atoms. The Labute approximate surface area is 170 Å². The molecule has 0 atom stereocenters. The smallest absolute Gasteiger partial charge is 0.315 e. The number of H-pyrrole nitrogens is 1. The summed E-state index contributed by atoms with van der Waals surface area (Å²) in [5.41, 5.74) is 0.184. The number of methoxy groups -OCH3 is 2. The van der Waals surface area contributed by atoms with Crippen molar-refractivity contribution in [3.8, 4) is 17.2 Å². The lowest BCUT2D eigenvalue weighted by Gasteiger charge is -2.08. The van der Waals surface area contributed by atoms with Gasteiger partial charge in [-0.1, -0.05) is 18.2 Å². The van der Waals surface area contributed by atoms with E-state index in [4.69, 9.17) is 26.4 Å². The molecule has 0 fully saturated rings. The number of para-hydroxylation sites is 1. The van der Waals surface area contributed by atoms with E-state index in [0.29, 0.717) is 17.1 Å². The first-order chi connectivity index (χ1) is 14.0. The van der Waals surface area contributed by atoms with Gasteiger partial charge < -0.3 is 14.2 Å². The third-order valence-corrected chi connectivity index (χ3v) is 4.09. The highest BCUT2D eigenvalue weighted by Crippen LogP contribution is 2.37. The van der Waals surface area contributed by atoms with Crippen LogP contribution in [0.5, 0.6) is 17.2 Å². The zero-order chi connectivity index (χ0) is 20.8. The van der Waals surface area contributed by atoms with Crippen LogP contribution in [-0.4, -0.2) is 40.2 Å². The molecule has 3 rings (SSSR count). The van der Waals surface area contributed by atoms with Gasteiger partial charge in [0.25, 0.3) is 0 Å². The van der Waals surface area contributed by atoms with Crippen LogP contribution >= 0.6 is 12.2 Å². The van der Waals surface area contributed by atoms with Crippen molar-refractivity contribution < 1.29 is 19.1 Å². The number of rotatable bonds is 8. The second kappa shape index (κ2) is 8.97. The molecule has 11 heteroatoms. The van der Waals surface area contributed by atoms with Gasteiger partial charge in [-0.3, -0.25) is 10.1 Å². The Kier molecular flexibility index (Phi) is 6.19. The van der Waals surface area contributed by atoms with Gasteiger partial charge in [-0.2, -0.15) is 14.9 Å². The molecule has 1 N–H and O–H groups in total. The van der Waals surface area contributed by atoms with Crippen LogP contribution in [0.4, 0.5) is 5.69 Å². The van der Waals surface area contributed by atoms with Crippen LogP contribution in [0.2, 0.25) is 0 Å². The average Bonchev–Trinajstić information content (AvgIpc) is 3.09. The summed E-state index contributed by atoms with van der Waals surface area (Å²) in [7, 11) is 2.73. The predicted molar refractivity (Wildman–Crippen MR) is 107 cm³/mol. The normalized spacial score (nSPS) is 10.8. The van der Waals surface area contributed by atoms with Crippen molar-refractivity contribution in [2.45, 2.75) is 6.61 Å². The van der Waals surface area contributed by atoms with E-state index in [1.165, 1.54) is 31.2 Å². The van der Waals surface area contributed by atoms with E-state index in [1.54, 1.807) is 6.07 Å². The molecule has 0 aliphatic carbocycles. The Balaban J connectivity index is 1.88. The van der Waals surface area contributed by atoms with Crippen molar-refractivity contribution in [1.82, 2.24) is 14.9 Å². The highest BCUT2D eigenvalue weighted by Gasteiger charge is 2.21. The summed E-state index contributed by atoms with van der Waals surface area (Å²) in [6.45, 7) is 0.126. The van der Waals surface area contributed by atoms with Crippen LogP contribution in [-0.2, 0) is 6.61 Å². The SMILES string of the molecule is COc1cc(/C=N\n2c(COc3ccccc3)n[nH]c2=S)cc([N+](=O)[O-])c1OC. The van der Waals surface area contributed by atoms with Crippen molar-refractivity contribution in [2.24, 2.45) is 5.10 Å². The summed E-state index contributed by atoms with van der Waals surface area (Å²) in [6, 6.07) is 12.1. The van der Waals surface area contributed by atoms with Gasteiger partial charge in [0.1, 0.15) is 12.4 Å². The average molecular weight is 415 g/mol. The molecular weight excluding hydrogens is 398 g/mol. The van der Waals surface area contributed by atoms with Crippen LogP contribution in [0, 0.1) is 14.9 Å². The zero-order valence-electron chi connectivity index (χ0n) is 15.6. The van der Waals surface area contributed by atoms with E-state index in [0.717, 1.165) is 0 Å². The lowest BCUT2D eigenvalue weighted by Crippen LogP contribution is -2.04. The Hall–Kier alpha value is -3.73. The minimum absolute atomic E-state index is 0.0338. The maximum atomic E-state index is 11.3. The topological polar surface area (TPSA) is 117 Å². The van der Waals surface area contributed by atoms with E-state index in [9.17, 15) is 10.1 Å². The van der Waals surface area contributed by atoms with E-state index >= 15 is 0 Å². The highest BCUT2D eigenvalue weighted by molar-refractivity contribution is 7.71. The zero-order valence-corrected chi connectivity index (χ0v) is 16.4. The number of aromatic amines is 1. The van der Waals surface area contributed by atoms with Crippen LogP contribution in [0.3, 0.4) is 0 Å². The largest absolute Gasteiger partial charge is 0.493 e. The number of ether oxygens (including phenoxy) is 3. The minimum atomic E-state index is -0.554. The summed E-state index contributed by atoms with van der Waals surface area (Å²) in [5.74, 6) is 1.36. The number of nitro benzene ring substituents is 1. The Morgan fingerprint density at radius 2 is 2.03 bits per heavy atom. The molecule has 29 heavy (non-hydrogen) atoms. The Morgan fingerprint density at radius 1 is 1.28 bits per heavy atom. The summed E-state index contributed by atoms with van der Waals surface area (Å²) < 4.78 is 17.6. The van der Waals surface area contributed by atoms with Gasteiger partial charge in [-0.15, -0.1) is 0 Å². The quantitative estimate of drug-likeness (QED) is 0.259. The molecule has 0 aliphatic heterocycles. The number of benzene rings is 2. The lowest BCUT2D eigenvalue weighted by molar-refractivity contribution is -0.385. The first kappa shape index (κ1) is 20.0. The van der Waals surface area contributed by atoms with Gasteiger partial charge in [0.2, 0.25) is 10.5 Å². The first-order valence-corrected chi connectivity index (χ1v) is 8.73. The molecule has 1 aromatic heterocycles. The van der Waals surface area contributed by atoms with E-state index in [1.807, 2.05) is 30.3 Å². The second-order valence-electron chi connectivity index (χ2n) is 5.64. The summed E-state index contributed by atoms with van der Waals surface area (Å²) in [6.07, 6.45) is 1.41. The van der Waals surface area contributed by atoms with Gasteiger partial charge in [0, 0.05) is 11.6 Å². The van der Waals surface area contributed by atoms with E-state index < -0.39 is 4.92 Å². The fourth-order valence-electron chi connectivity index (χ4n) is 2.50. The molecule has 10 nitrogen and oxygen atoms in total. The fourth-order valence-corrected chi connectivity index (χ4v) is 2.70. The van der Waals surface area contributed by atoms with Gasteiger partial charge in [0.05, 0.1) is 25.4 Å². The van der Waals surface area contributed by atoms with Crippen LogP contribution < -0.4 is 14.2 Å². The van der Waals surface area contributed by atoms with Gasteiger partial charge >= 0.3 is 5.69 Å². The summed E-state index contributed by atoms with van der Waals surface area (Å²) in [5, 5.41) is 22.4. The van der Waals surface area contributed by atoms with Gasteiger partial charge in [-0.25, -0.2) is 5.10 Å². The third-order valence-electron chi connectivity index (χ3n) is 3.83. The number of nitrogens with one attached hydrogen (secondary N) is 1. The standard InChI is InChI=1S/C18H17N5O5S/c1-26-15-9-12(8-14(23(24)25)17(15)27-2)10-19-22-16(20-21-18(22)29)11-28-13-6-4-3-5-7-13/h3-10H,11H2,1-2H3,(H,21,29)/b19-10-. The Morgan fingerprint density at radius 3 is 2.69 bits per heavy atom. The Bertz CT molecular complexity index is 1090. The predicted octanol–water partition coefficient (Wildman–Crippen LogP) is 3.33. The molecule has 0 radical (unpaired) electrons. The summed E-state index contributed by atoms with van der Waals surface area (Å²) >= 11 is 5.20. The minimum Gasteiger partial charge on any atom is -0.493 e. The van der Waals surface area contributed by atoms with Crippen LogP contribution in [0.1, 0.15) is 11.4 Å². The first-order valence-electron chi connectivity index (χ1n) is 8.32. The maximum absolute atomic E-state index is 11.3. The molecule has 2 aromatic carbocycles. The number of nitro groups is 1. The molecule has 1 heterocycles. The van der Waals surface area contributed by atoms with Gasteiger partial charge in [0.15, 0.2) is 11.6 Å². The van der Waals surface area contributed by atoms with E-state index in [-0.39, 0.29) is 28.6 Å². The molecule has 0 saturated carbocycles. The number of hydrogen-bond acceptors (Lipinski definition) is 8. The van der Waals surface area contributed by atoms with Crippen molar-refractivity contribution in [3.63, 3.8) is 0 Å². The number of nitrogens with zero attached hydrogens (tertiary/aromatic N) is 4. The van der Waals surface area contributed by atoms with Crippen molar-refractivity contribution >= 4 is 24.1 Å². The molecule has 0 spiro atoms. The molecule has 3 aromatic rings. The van der Waals surface area contributed by atoms with Crippen molar-refractivity contribution in [3.05, 3.63) is 68.7 Å². The van der Waals surface area contributed by atoms with Crippen molar-refractivity contribution in [1.29, 1.82) is 0 Å². The fraction of sp³-hybridized carbons (Fsp3) is 0.167. The molecule has 0 amide bonds. The molecule has 150 valence electrons. The molecule has 0 saturated heterocycles. The van der Waals surface area contributed by atoms with Gasteiger partial charge in [-0.05, 0) is 30.4 Å². The highest BCUT2D eigenvalue weighted by atomic mass is 32.1. The second-order valence-corrected chi connectivity index (χ2v) is 6.02. The monoisotopic (exact) mass is 415 g/mol. The number of hydrogen-bond donors (Lipinski definition) is 1. The van der Waals surface area contributed by atoms with E-state index in [2.05, 4.69) is 15.3 Å². The van der Waals surface area contributed by atoms with Crippen molar-refractivity contribution in [2.75, 3.05) is 14.2 Å². The maximum Gasteiger partial charge on any atom is 0.315 e. The molecule has 0 unspecified atom stereocenters. The van der Waals surface area contributed by atoms with Crippen LogP contribution in [0.15, 0.2) is 47.6 Å². The molecule has 0 aliphatic rings. The number of aromatic nitrogens is 3. The lowest BCUT2D eigenvalue weighted by atomic mass is 10.2. The molecular formula is C18H17N5O5S. The summed E-state index contributed by atoms with van der Waals surface area (Å²) in [4.78, 5) is 10.8.